The number of hydrogen-bond donors (Lipinski definition) is 12. The molecule has 3 aliphatic heterocycles. The van der Waals surface area contributed by atoms with Crippen LogP contribution in [0, 0.1) is 0 Å². The van der Waals surface area contributed by atoms with Crippen LogP contribution in [0.1, 0.15) is 303 Å². The molecule has 0 bridgehead atoms. The number of unbranched alkanes of at least 4 members (excludes halogenated alkanes) is 41. The van der Waals surface area contributed by atoms with Gasteiger partial charge in [0, 0.05) is 6.42 Å². The summed E-state index contributed by atoms with van der Waals surface area (Å²) in [5.74, 6) is -0.288. The highest BCUT2D eigenvalue weighted by molar-refractivity contribution is 5.76. The minimum absolute atomic E-state index is 0.235. The van der Waals surface area contributed by atoms with Gasteiger partial charge in [0.1, 0.15) is 73.2 Å². The number of nitrogens with one attached hydrogen (secondary N) is 1. The lowest BCUT2D eigenvalue weighted by atomic mass is 9.96. The topological polar surface area (TPSA) is 307 Å². The summed E-state index contributed by atoms with van der Waals surface area (Å²) >= 11 is 0. The second-order valence-electron chi connectivity index (χ2n) is 27.5. The van der Waals surface area contributed by atoms with Gasteiger partial charge < -0.3 is 89.9 Å². The Kier molecular flexibility index (Phi) is 52.0. The largest absolute Gasteiger partial charge is 0.394 e. The first kappa shape index (κ1) is 86.2. The molecule has 17 unspecified atom stereocenters. The average molecular weight is 1340 g/mol. The van der Waals surface area contributed by atoms with Crippen LogP contribution in [0.2, 0.25) is 0 Å². The van der Waals surface area contributed by atoms with Gasteiger partial charge in [-0.2, -0.15) is 0 Å². The van der Waals surface area contributed by atoms with Crippen molar-refractivity contribution in [3.63, 3.8) is 0 Å². The number of ether oxygens (including phenoxy) is 6. The monoisotopic (exact) mass is 1340 g/mol. The smallest absolute Gasteiger partial charge is 0.220 e. The molecule has 0 aliphatic carbocycles. The van der Waals surface area contributed by atoms with E-state index in [4.69, 9.17) is 28.4 Å². The SMILES string of the molecule is C/C=C/CC/C=C/CC/C=C/C(O)C(COC1OC(CO)C(OC2OC(CO)C(OC3OC(CO)C(O)C(O)C3O)C(O)C2O)C(O)C1O)NC(=O)CCCCCCCCCCCCCCCCCCCCCCCCCCCCCCCCCCCCCCCCCC. The summed E-state index contributed by atoms with van der Waals surface area (Å²) in [6.45, 7) is 1.48. The number of carbonyl (C=O) groups is 1. The van der Waals surface area contributed by atoms with Crippen molar-refractivity contribution in [1.82, 2.24) is 5.32 Å². The Morgan fingerprint density at radius 3 is 1.06 bits per heavy atom. The summed E-state index contributed by atoms with van der Waals surface area (Å²) < 4.78 is 34.2. The zero-order chi connectivity index (χ0) is 68.2. The third kappa shape index (κ3) is 37.4. The third-order valence-corrected chi connectivity index (χ3v) is 19.3. The van der Waals surface area contributed by atoms with Gasteiger partial charge in [0.2, 0.25) is 5.91 Å². The minimum atomic E-state index is -1.98. The lowest BCUT2D eigenvalue weighted by molar-refractivity contribution is -0.379. The van der Waals surface area contributed by atoms with Crippen molar-refractivity contribution in [1.29, 1.82) is 0 Å². The summed E-state index contributed by atoms with van der Waals surface area (Å²) in [6.07, 6.45) is 42.4. The van der Waals surface area contributed by atoms with Crippen LogP contribution < -0.4 is 5.32 Å². The molecule has 0 aromatic rings. The molecule has 0 aromatic carbocycles. The predicted octanol–water partition coefficient (Wildman–Crippen LogP) is 11.6. The molecule has 12 N–H and O–H groups in total. The Morgan fingerprint density at radius 2 is 0.702 bits per heavy atom. The van der Waals surface area contributed by atoms with Gasteiger partial charge >= 0.3 is 0 Å². The number of aliphatic hydroxyl groups is 11. The van der Waals surface area contributed by atoms with Crippen LogP contribution >= 0.6 is 0 Å². The van der Waals surface area contributed by atoms with Crippen LogP contribution in [-0.4, -0.2) is 193 Å². The van der Waals surface area contributed by atoms with E-state index in [1.165, 1.54) is 231 Å². The molecule has 3 rings (SSSR count). The van der Waals surface area contributed by atoms with E-state index >= 15 is 0 Å². The lowest BCUT2D eigenvalue weighted by Gasteiger charge is -2.48. The number of allylic oxidation sites excluding steroid dienone is 5. The maximum absolute atomic E-state index is 13.3. The molecule has 0 saturated carbocycles. The average Bonchev–Trinajstić information content (AvgIpc) is 0.789. The van der Waals surface area contributed by atoms with Crippen LogP contribution in [0.15, 0.2) is 36.5 Å². The summed E-state index contributed by atoms with van der Waals surface area (Å²) in [7, 11) is 0. The van der Waals surface area contributed by atoms with Crippen molar-refractivity contribution < 1.29 is 89.4 Å². The van der Waals surface area contributed by atoms with Gasteiger partial charge in [0.25, 0.3) is 0 Å². The summed E-state index contributed by atoms with van der Waals surface area (Å²) in [5.41, 5.74) is 0. The Morgan fingerprint density at radius 1 is 0.394 bits per heavy atom. The van der Waals surface area contributed by atoms with Crippen LogP contribution in [0.4, 0.5) is 0 Å². The normalized spacial score (nSPS) is 27.5. The Labute approximate surface area is 568 Å². The molecule has 19 nitrogen and oxygen atoms in total. The molecule has 1 amide bonds. The van der Waals surface area contributed by atoms with Crippen LogP contribution in [0.3, 0.4) is 0 Å². The Balaban J connectivity index is 1.24. The van der Waals surface area contributed by atoms with Gasteiger partial charge in [-0.05, 0) is 39.0 Å². The fourth-order valence-corrected chi connectivity index (χ4v) is 13.1. The second kappa shape index (κ2) is 56.7. The van der Waals surface area contributed by atoms with Crippen molar-refractivity contribution in [3.8, 4) is 0 Å². The fourth-order valence-electron chi connectivity index (χ4n) is 13.1. The molecule has 0 radical (unpaired) electrons. The van der Waals surface area contributed by atoms with Gasteiger partial charge in [0.15, 0.2) is 18.9 Å². The number of rotatable bonds is 60. The lowest BCUT2D eigenvalue weighted by Crippen LogP contribution is -2.66. The summed E-state index contributed by atoms with van der Waals surface area (Å²) in [6, 6.07) is -0.993. The molecule has 3 aliphatic rings. The third-order valence-electron chi connectivity index (χ3n) is 19.3. The van der Waals surface area contributed by atoms with Gasteiger partial charge in [0.05, 0.1) is 38.6 Å². The molecule has 3 heterocycles. The predicted molar refractivity (Wildman–Crippen MR) is 369 cm³/mol. The molecule has 94 heavy (non-hydrogen) atoms. The quantitative estimate of drug-likeness (QED) is 0.0199. The minimum Gasteiger partial charge on any atom is -0.394 e. The number of hydrogen-bond acceptors (Lipinski definition) is 18. The first-order valence-electron chi connectivity index (χ1n) is 38.2. The van der Waals surface area contributed by atoms with E-state index in [1.807, 2.05) is 19.1 Å². The van der Waals surface area contributed by atoms with Crippen molar-refractivity contribution >= 4 is 5.91 Å². The van der Waals surface area contributed by atoms with Crippen LogP contribution in [-0.2, 0) is 33.2 Å². The van der Waals surface area contributed by atoms with Crippen molar-refractivity contribution in [3.05, 3.63) is 36.5 Å². The standard InChI is InChI=1S/C75H139NO18/c1-3-5-7-9-11-13-14-15-16-17-18-19-20-21-22-23-24-25-26-27-28-29-30-31-32-33-34-35-36-37-38-39-40-41-42-43-45-47-49-51-53-63(81)76-58(59(80)52-50-48-46-44-12-10-8-6-4-2)57-89-73-69(87)66(84)71(61(55-78)91-73)94-75-70(88)67(85)72(62(56-79)92-75)93-74-68(86)65(83)64(82)60(54-77)90-74/h4,6,12,44,50,52,58-62,64-75,77-80,82-88H,3,5,7-11,13-43,45-49,51,53-57H2,1-2H3,(H,76,81)/b6-4+,44-12+,52-50+. The molecular weight excluding hydrogens is 1200 g/mol. The van der Waals surface area contributed by atoms with Crippen molar-refractivity contribution in [2.75, 3.05) is 26.4 Å². The second-order valence-corrected chi connectivity index (χ2v) is 27.5. The summed E-state index contributed by atoms with van der Waals surface area (Å²) in [4.78, 5) is 13.3. The highest BCUT2D eigenvalue weighted by atomic mass is 16.8. The molecule has 3 saturated heterocycles. The zero-order valence-electron chi connectivity index (χ0n) is 58.7. The number of amides is 1. The molecule has 552 valence electrons. The van der Waals surface area contributed by atoms with Gasteiger partial charge in [-0.25, -0.2) is 0 Å². The highest BCUT2D eigenvalue weighted by Gasteiger charge is 2.53. The van der Waals surface area contributed by atoms with Gasteiger partial charge in [-0.3, -0.25) is 4.79 Å². The van der Waals surface area contributed by atoms with E-state index in [0.717, 1.165) is 38.5 Å². The van der Waals surface area contributed by atoms with E-state index in [0.29, 0.717) is 12.8 Å². The molecule has 19 heteroatoms. The van der Waals surface area contributed by atoms with E-state index in [9.17, 15) is 61.0 Å². The first-order chi connectivity index (χ1) is 45.8. The van der Waals surface area contributed by atoms with Crippen LogP contribution in [0.5, 0.6) is 0 Å². The first-order valence-corrected chi connectivity index (χ1v) is 38.2. The van der Waals surface area contributed by atoms with Gasteiger partial charge in [-0.1, -0.05) is 294 Å². The maximum atomic E-state index is 13.3. The van der Waals surface area contributed by atoms with Crippen molar-refractivity contribution in [2.45, 2.75) is 407 Å². The zero-order valence-corrected chi connectivity index (χ0v) is 58.7. The molecule has 3 fully saturated rings. The molecule has 0 aromatic heterocycles. The fraction of sp³-hybridized carbons (Fsp3) is 0.907. The Hall–Kier alpha value is -1.99. The Bertz CT molecular complexity index is 1840. The van der Waals surface area contributed by atoms with E-state index in [1.54, 1.807) is 6.08 Å². The highest BCUT2D eigenvalue weighted by Crippen LogP contribution is 2.33. The summed E-state index contributed by atoms with van der Waals surface area (Å²) in [5, 5.41) is 120. The maximum Gasteiger partial charge on any atom is 0.220 e. The number of carbonyl (C=O) groups excluding carboxylic acids is 1. The molecule has 0 spiro atoms. The van der Waals surface area contributed by atoms with Crippen LogP contribution in [0.25, 0.3) is 0 Å². The molecule has 17 atom stereocenters. The van der Waals surface area contributed by atoms with E-state index in [2.05, 4.69) is 30.5 Å². The van der Waals surface area contributed by atoms with Crippen molar-refractivity contribution in [2.24, 2.45) is 0 Å². The molecular formula is C75H139NO18. The number of aliphatic hydroxyl groups excluding tert-OH is 11. The van der Waals surface area contributed by atoms with E-state index < -0.39 is 124 Å². The van der Waals surface area contributed by atoms with Gasteiger partial charge in [-0.15, -0.1) is 0 Å². The van der Waals surface area contributed by atoms with E-state index in [-0.39, 0.29) is 18.9 Å².